The lowest BCUT2D eigenvalue weighted by molar-refractivity contribution is -0.137. The van der Waals surface area contributed by atoms with E-state index in [-0.39, 0.29) is 5.70 Å². The van der Waals surface area contributed by atoms with Crippen LogP contribution >= 0.6 is 0 Å². The number of Topliss-reactive ketones (excluding diaryl/α,β-unsaturated/α-hetero) is 1. The fourth-order valence-corrected chi connectivity index (χ4v) is 1.42. The predicted octanol–water partition coefficient (Wildman–Crippen LogP) is 0.390. The Hall–Kier alpha value is -1.52. The van der Waals surface area contributed by atoms with E-state index in [1.54, 1.807) is 0 Å². The van der Waals surface area contributed by atoms with Gasteiger partial charge in [0.15, 0.2) is 0 Å². The van der Waals surface area contributed by atoms with Crippen LogP contribution in [0.3, 0.4) is 0 Å². The topological polar surface area (TPSA) is 46.2 Å². The molecule has 68 valence electrons. The first kappa shape index (κ1) is 8.10. The standard InChI is InChI=1S/C8H5F2NO2/c9-3-1-2-4(10)6-5(3)7(12)8(13)11-6/h1-3,5H,(H,11,13). The molecule has 1 N–H and O–H groups in total. The summed E-state index contributed by atoms with van der Waals surface area (Å²) in [7, 11) is 0. The summed E-state index contributed by atoms with van der Waals surface area (Å²) in [6.07, 6.45) is 0.234. The Morgan fingerprint density at radius 2 is 2.08 bits per heavy atom. The fraction of sp³-hybridized carbons (Fsp3) is 0.250. The zero-order valence-corrected chi connectivity index (χ0v) is 6.38. The second-order valence-electron chi connectivity index (χ2n) is 2.86. The van der Waals surface area contributed by atoms with Gasteiger partial charge in [-0.3, -0.25) is 9.59 Å². The van der Waals surface area contributed by atoms with Crippen molar-refractivity contribution in [1.29, 1.82) is 0 Å². The van der Waals surface area contributed by atoms with E-state index in [9.17, 15) is 18.4 Å². The number of hydrogen-bond acceptors (Lipinski definition) is 2. The molecule has 0 bridgehead atoms. The maximum atomic E-state index is 13.0. The molecule has 2 aliphatic rings. The third kappa shape index (κ3) is 0.998. The van der Waals surface area contributed by atoms with E-state index in [2.05, 4.69) is 0 Å². The molecule has 1 aliphatic heterocycles. The van der Waals surface area contributed by atoms with Gasteiger partial charge < -0.3 is 5.32 Å². The zero-order valence-electron chi connectivity index (χ0n) is 6.38. The van der Waals surface area contributed by atoms with Gasteiger partial charge in [-0.15, -0.1) is 0 Å². The van der Waals surface area contributed by atoms with Crippen LogP contribution in [0.15, 0.2) is 23.7 Å². The van der Waals surface area contributed by atoms with Gasteiger partial charge in [-0.2, -0.15) is 0 Å². The summed E-state index contributed by atoms with van der Waals surface area (Å²) >= 11 is 0. The van der Waals surface area contributed by atoms with Gasteiger partial charge in [-0.05, 0) is 12.2 Å². The van der Waals surface area contributed by atoms with E-state index in [0.29, 0.717) is 0 Å². The van der Waals surface area contributed by atoms with Gasteiger partial charge in [0.25, 0.3) is 5.91 Å². The third-order valence-electron chi connectivity index (χ3n) is 2.07. The summed E-state index contributed by atoms with van der Waals surface area (Å²) in [5, 5.41) is 2.01. The first-order chi connectivity index (χ1) is 6.11. The summed E-state index contributed by atoms with van der Waals surface area (Å²) in [6.45, 7) is 0. The molecule has 1 amide bonds. The van der Waals surface area contributed by atoms with Gasteiger partial charge in [0.05, 0.1) is 5.70 Å². The Labute approximate surface area is 72.1 Å². The highest BCUT2D eigenvalue weighted by atomic mass is 19.1. The van der Waals surface area contributed by atoms with Crippen LogP contribution in [0.25, 0.3) is 0 Å². The van der Waals surface area contributed by atoms with Gasteiger partial charge in [0.1, 0.15) is 17.9 Å². The first-order valence-electron chi connectivity index (χ1n) is 3.68. The summed E-state index contributed by atoms with van der Waals surface area (Å²) in [6, 6.07) is 0. The Morgan fingerprint density at radius 1 is 1.38 bits per heavy atom. The number of fused-ring (bicyclic) bond motifs is 1. The molecule has 13 heavy (non-hydrogen) atoms. The van der Waals surface area contributed by atoms with Crippen molar-refractivity contribution in [3.63, 3.8) is 0 Å². The SMILES string of the molecule is O=C1NC2=C(F)C=CC(F)C2C1=O. The largest absolute Gasteiger partial charge is 0.320 e. The van der Waals surface area contributed by atoms with E-state index in [4.69, 9.17) is 0 Å². The van der Waals surface area contributed by atoms with Crippen LogP contribution in [-0.2, 0) is 9.59 Å². The smallest absolute Gasteiger partial charge is 0.292 e. The van der Waals surface area contributed by atoms with E-state index in [1.165, 1.54) is 0 Å². The molecule has 1 fully saturated rings. The van der Waals surface area contributed by atoms with Crippen molar-refractivity contribution >= 4 is 11.7 Å². The summed E-state index contributed by atoms with van der Waals surface area (Å²) < 4.78 is 26.0. The molecule has 3 nitrogen and oxygen atoms in total. The summed E-state index contributed by atoms with van der Waals surface area (Å²) in [4.78, 5) is 21.8. The van der Waals surface area contributed by atoms with Gasteiger partial charge in [0.2, 0.25) is 5.78 Å². The number of halogens is 2. The molecule has 0 radical (unpaired) electrons. The van der Waals surface area contributed by atoms with Crippen molar-refractivity contribution in [1.82, 2.24) is 5.32 Å². The van der Waals surface area contributed by atoms with Crippen LogP contribution in [0.2, 0.25) is 0 Å². The number of nitrogens with one attached hydrogen (secondary N) is 1. The maximum Gasteiger partial charge on any atom is 0.292 e. The van der Waals surface area contributed by atoms with E-state index in [1.807, 2.05) is 5.32 Å². The Bertz CT molecular complexity index is 359. The quantitative estimate of drug-likeness (QED) is 0.555. The molecule has 0 aromatic rings. The number of ketones is 1. The zero-order chi connectivity index (χ0) is 9.59. The summed E-state index contributed by atoms with van der Waals surface area (Å²) in [5.41, 5.74) is -0.245. The van der Waals surface area contributed by atoms with E-state index < -0.39 is 29.6 Å². The Kier molecular flexibility index (Phi) is 1.55. The Morgan fingerprint density at radius 3 is 2.69 bits per heavy atom. The molecule has 1 saturated heterocycles. The van der Waals surface area contributed by atoms with Crippen LogP contribution in [0.1, 0.15) is 0 Å². The molecular weight excluding hydrogens is 180 g/mol. The molecule has 1 heterocycles. The molecule has 0 aromatic carbocycles. The highest BCUT2D eigenvalue weighted by Crippen LogP contribution is 2.31. The van der Waals surface area contributed by atoms with Crippen molar-refractivity contribution in [3.05, 3.63) is 23.7 Å². The van der Waals surface area contributed by atoms with Gasteiger partial charge in [-0.1, -0.05) is 0 Å². The van der Waals surface area contributed by atoms with Crippen molar-refractivity contribution in [3.8, 4) is 0 Å². The number of carbonyl (C=O) groups is 2. The van der Waals surface area contributed by atoms with Gasteiger partial charge in [-0.25, -0.2) is 8.78 Å². The number of allylic oxidation sites excluding steroid dienone is 4. The van der Waals surface area contributed by atoms with Crippen LogP contribution < -0.4 is 5.32 Å². The minimum atomic E-state index is -1.61. The average Bonchev–Trinajstić information content (AvgIpc) is 2.38. The third-order valence-corrected chi connectivity index (χ3v) is 2.07. The number of carbonyl (C=O) groups excluding carboxylic acids is 2. The van der Waals surface area contributed by atoms with Crippen molar-refractivity contribution in [2.45, 2.75) is 6.17 Å². The minimum Gasteiger partial charge on any atom is -0.320 e. The lowest BCUT2D eigenvalue weighted by atomic mass is 9.94. The molecule has 5 heteroatoms. The van der Waals surface area contributed by atoms with Crippen LogP contribution in [0, 0.1) is 5.92 Å². The number of rotatable bonds is 0. The molecule has 0 aromatic heterocycles. The predicted molar refractivity (Wildman–Crippen MR) is 38.8 cm³/mol. The van der Waals surface area contributed by atoms with Crippen molar-refractivity contribution in [2.24, 2.45) is 5.92 Å². The number of hydrogen-bond donors (Lipinski definition) is 1. The molecule has 2 atom stereocenters. The molecule has 2 rings (SSSR count). The van der Waals surface area contributed by atoms with E-state index >= 15 is 0 Å². The monoisotopic (exact) mass is 185 g/mol. The van der Waals surface area contributed by atoms with Crippen molar-refractivity contribution in [2.75, 3.05) is 0 Å². The highest BCUT2D eigenvalue weighted by molar-refractivity contribution is 6.40. The van der Waals surface area contributed by atoms with Crippen LogP contribution in [0.4, 0.5) is 8.78 Å². The molecule has 0 spiro atoms. The second-order valence-corrected chi connectivity index (χ2v) is 2.86. The van der Waals surface area contributed by atoms with Crippen LogP contribution in [0.5, 0.6) is 0 Å². The molecule has 0 saturated carbocycles. The Balaban J connectivity index is 2.48. The highest BCUT2D eigenvalue weighted by Gasteiger charge is 2.44. The number of amides is 1. The second kappa shape index (κ2) is 2.48. The van der Waals surface area contributed by atoms with Gasteiger partial charge in [0, 0.05) is 0 Å². The lowest BCUT2D eigenvalue weighted by Crippen LogP contribution is -2.24. The number of alkyl halides is 1. The van der Waals surface area contributed by atoms with E-state index in [0.717, 1.165) is 12.2 Å². The molecular formula is C8H5F2NO2. The average molecular weight is 185 g/mol. The minimum absolute atomic E-state index is 0.245. The van der Waals surface area contributed by atoms with Gasteiger partial charge >= 0.3 is 0 Å². The molecule has 1 aliphatic carbocycles. The molecule has 2 unspecified atom stereocenters. The normalized spacial score (nSPS) is 32.2. The lowest BCUT2D eigenvalue weighted by Gasteiger charge is -2.14. The summed E-state index contributed by atoms with van der Waals surface area (Å²) in [5.74, 6) is -3.90. The fourth-order valence-electron chi connectivity index (χ4n) is 1.42. The van der Waals surface area contributed by atoms with Crippen LogP contribution in [-0.4, -0.2) is 17.9 Å². The van der Waals surface area contributed by atoms with Crippen molar-refractivity contribution < 1.29 is 18.4 Å². The maximum absolute atomic E-state index is 13.0. The first-order valence-corrected chi connectivity index (χ1v) is 3.68.